The summed E-state index contributed by atoms with van der Waals surface area (Å²) in [6, 6.07) is 0. The van der Waals surface area contributed by atoms with Crippen LogP contribution in [0.15, 0.2) is 4.79 Å². The van der Waals surface area contributed by atoms with Gasteiger partial charge in [-0.25, -0.2) is 0 Å². The summed E-state index contributed by atoms with van der Waals surface area (Å²) in [7, 11) is 0. The van der Waals surface area contributed by atoms with Crippen LogP contribution in [-0.2, 0) is 9.53 Å². The highest BCUT2D eigenvalue weighted by atomic mass is 32.1. The minimum atomic E-state index is -0.600. The van der Waals surface area contributed by atoms with Crippen LogP contribution in [-0.4, -0.2) is 22.5 Å². The van der Waals surface area contributed by atoms with Crippen LogP contribution in [0, 0.1) is 11.7 Å². The van der Waals surface area contributed by atoms with E-state index >= 15 is 0 Å². The number of carbonyl (C=O) groups is 1. The molecule has 0 saturated carbocycles. The van der Waals surface area contributed by atoms with Gasteiger partial charge in [-0.2, -0.15) is 0 Å². The number of H-pyrrole nitrogens is 2. The zero-order valence-electron chi connectivity index (χ0n) is 10.8. The van der Waals surface area contributed by atoms with E-state index < -0.39 is 5.92 Å². The van der Waals surface area contributed by atoms with E-state index in [4.69, 9.17) is 17.0 Å². The first-order chi connectivity index (χ1) is 8.47. The van der Waals surface area contributed by atoms with Crippen molar-refractivity contribution in [1.82, 2.24) is 9.97 Å². The predicted molar refractivity (Wildman–Crippen MR) is 71.3 cm³/mol. The number of carbonyl (C=O) groups excluding carboxylic acids is 1. The lowest BCUT2D eigenvalue weighted by Crippen LogP contribution is -2.24. The van der Waals surface area contributed by atoms with Gasteiger partial charge in [-0.3, -0.25) is 14.6 Å². The van der Waals surface area contributed by atoms with Crippen molar-refractivity contribution in [3.63, 3.8) is 0 Å². The Morgan fingerprint density at radius 1 is 1.44 bits per heavy atom. The van der Waals surface area contributed by atoms with Crippen molar-refractivity contribution in [2.75, 3.05) is 6.61 Å². The Balaban J connectivity index is 2.90. The van der Waals surface area contributed by atoms with Gasteiger partial charge in [0.05, 0.1) is 18.1 Å². The maximum absolute atomic E-state index is 11.8. The highest BCUT2D eigenvalue weighted by Crippen LogP contribution is 2.15. The zero-order valence-corrected chi connectivity index (χ0v) is 11.6. The Morgan fingerprint density at radius 3 is 2.67 bits per heavy atom. The molecule has 0 fully saturated rings. The number of rotatable bonds is 5. The van der Waals surface area contributed by atoms with Gasteiger partial charge in [0.1, 0.15) is 0 Å². The molecule has 1 heterocycles. The summed E-state index contributed by atoms with van der Waals surface area (Å²) in [6.45, 7) is 5.78. The van der Waals surface area contributed by atoms with Crippen molar-refractivity contribution >= 4 is 18.2 Å². The molecule has 0 bridgehead atoms. The molecule has 1 rings (SSSR count). The zero-order chi connectivity index (χ0) is 13.7. The van der Waals surface area contributed by atoms with Gasteiger partial charge in [-0.15, -0.1) is 0 Å². The predicted octanol–water partition coefficient (Wildman–Crippen LogP) is 2.19. The number of aromatic amines is 2. The van der Waals surface area contributed by atoms with E-state index in [9.17, 15) is 9.59 Å². The first-order valence-corrected chi connectivity index (χ1v) is 6.38. The highest BCUT2D eigenvalue weighted by Gasteiger charge is 2.22. The van der Waals surface area contributed by atoms with Crippen molar-refractivity contribution in [2.45, 2.75) is 39.5 Å². The Labute approximate surface area is 111 Å². The van der Waals surface area contributed by atoms with Gasteiger partial charge in [0.2, 0.25) is 0 Å². The topological polar surface area (TPSA) is 75.0 Å². The monoisotopic (exact) mass is 270 g/mol. The number of ether oxygens (including phenoxy) is 1. The van der Waals surface area contributed by atoms with Crippen molar-refractivity contribution in [3.05, 3.63) is 26.4 Å². The third kappa shape index (κ3) is 3.53. The molecule has 0 amide bonds. The molecule has 1 aromatic rings. The fourth-order valence-electron chi connectivity index (χ4n) is 1.69. The number of nitrogens with one attached hydrogen (secondary N) is 2. The molecule has 0 unspecified atom stereocenters. The second kappa shape index (κ2) is 6.49. The summed E-state index contributed by atoms with van der Waals surface area (Å²) in [5, 5.41) is 0. The largest absolute Gasteiger partial charge is 0.465 e. The Morgan fingerprint density at radius 2 is 2.11 bits per heavy atom. The fraction of sp³-hybridized carbons (Fsp3) is 0.583. The lowest BCUT2D eigenvalue weighted by molar-refractivity contribution is -0.145. The summed E-state index contributed by atoms with van der Waals surface area (Å²) in [4.78, 5) is 28.9. The van der Waals surface area contributed by atoms with Gasteiger partial charge in [0.25, 0.3) is 5.56 Å². The van der Waals surface area contributed by atoms with Gasteiger partial charge >= 0.3 is 5.97 Å². The summed E-state index contributed by atoms with van der Waals surface area (Å²) >= 11 is 4.86. The number of hydrogen-bond donors (Lipinski definition) is 2. The van der Waals surface area contributed by atoms with Crippen LogP contribution < -0.4 is 5.56 Å². The summed E-state index contributed by atoms with van der Waals surface area (Å²) in [5.74, 6) is -0.986. The standard InChI is InChI=1S/C12H18N2O3S/c1-4-5-6-17-11(16)7(2)9-8(3)13-12(18)14-10(9)15/h7H,4-6H2,1-3H3,(H2,13,14,15,18)/t7-/m1/s1. The van der Waals surface area contributed by atoms with Crippen molar-refractivity contribution in [2.24, 2.45) is 0 Å². The van der Waals surface area contributed by atoms with Gasteiger partial charge in [0, 0.05) is 5.69 Å². The van der Waals surface area contributed by atoms with E-state index in [0.29, 0.717) is 17.9 Å². The van der Waals surface area contributed by atoms with Gasteiger partial charge in [-0.1, -0.05) is 13.3 Å². The molecule has 18 heavy (non-hydrogen) atoms. The van der Waals surface area contributed by atoms with E-state index in [1.807, 2.05) is 6.92 Å². The number of esters is 1. The Hall–Kier alpha value is -1.43. The molecular weight excluding hydrogens is 252 g/mol. The van der Waals surface area contributed by atoms with Crippen LogP contribution in [0.1, 0.15) is 43.9 Å². The molecule has 0 saturated heterocycles. The number of aromatic nitrogens is 2. The van der Waals surface area contributed by atoms with Crippen LogP contribution in [0.2, 0.25) is 0 Å². The maximum atomic E-state index is 11.8. The second-order valence-electron chi connectivity index (χ2n) is 4.19. The van der Waals surface area contributed by atoms with Crippen molar-refractivity contribution < 1.29 is 9.53 Å². The normalized spacial score (nSPS) is 12.2. The van der Waals surface area contributed by atoms with E-state index in [1.165, 1.54) is 0 Å². The Kier molecular flexibility index (Phi) is 5.27. The summed E-state index contributed by atoms with van der Waals surface area (Å²) in [6.07, 6.45) is 1.78. The van der Waals surface area contributed by atoms with Crippen LogP contribution in [0.25, 0.3) is 0 Å². The number of unbranched alkanes of at least 4 members (excludes halogenated alkanes) is 1. The molecule has 0 aromatic carbocycles. The van der Waals surface area contributed by atoms with Gasteiger partial charge in [-0.05, 0) is 32.5 Å². The molecule has 2 N–H and O–H groups in total. The summed E-state index contributed by atoms with van der Waals surface area (Å²) in [5.41, 5.74) is 0.644. The van der Waals surface area contributed by atoms with Crippen molar-refractivity contribution in [3.8, 4) is 0 Å². The molecular formula is C12H18N2O3S. The van der Waals surface area contributed by atoms with E-state index in [1.54, 1.807) is 13.8 Å². The van der Waals surface area contributed by atoms with Crippen LogP contribution in [0.5, 0.6) is 0 Å². The van der Waals surface area contributed by atoms with Crippen LogP contribution >= 0.6 is 12.2 Å². The summed E-state index contributed by atoms with van der Waals surface area (Å²) < 4.78 is 5.36. The average Bonchev–Trinajstić information content (AvgIpc) is 2.27. The number of aryl methyl sites for hydroxylation is 1. The average molecular weight is 270 g/mol. The molecule has 6 heteroatoms. The van der Waals surface area contributed by atoms with E-state index in [2.05, 4.69) is 9.97 Å². The first-order valence-electron chi connectivity index (χ1n) is 5.97. The molecule has 0 aliphatic rings. The smallest absolute Gasteiger partial charge is 0.313 e. The van der Waals surface area contributed by atoms with Crippen LogP contribution in [0.3, 0.4) is 0 Å². The van der Waals surface area contributed by atoms with E-state index in [0.717, 1.165) is 12.8 Å². The van der Waals surface area contributed by atoms with Gasteiger partial charge < -0.3 is 9.72 Å². The number of hydrogen-bond acceptors (Lipinski definition) is 4. The third-order valence-electron chi connectivity index (χ3n) is 2.71. The molecule has 1 atom stereocenters. The lowest BCUT2D eigenvalue weighted by Gasteiger charge is -2.12. The minimum Gasteiger partial charge on any atom is -0.465 e. The fourth-order valence-corrected chi connectivity index (χ4v) is 1.94. The highest BCUT2D eigenvalue weighted by molar-refractivity contribution is 7.71. The molecule has 100 valence electrons. The first kappa shape index (κ1) is 14.6. The maximum Gasteiger partial charge on any atom is 0.313 e. The molecule has 0 aliphatic carbocycles. The van der Waals surface area contributed by atoms with Crippen LogP contribution in [0.4, 0.5) is 0 Å². The molecule has 5 nitrogen and oxygen atoms in total. The third-order valence-corrected chi connectivity index (χ3v) is 2.91. The quantitative estimate of drug-likeness (QED) is 0.488. The molecule has 1 aromatic heterocycles. The van der Waals surface area contributed by atoms with Gasteiger partial charge in [0.15, 0.2) is 4.77 Å². The minimum absolute atomic E-state index is 0.257. The van der Waals surface area contributed by atoms with E-state index in [-0.39, 0.29) is 16.3 Å². The SMILES string of the molecule is CCCCOC(=O)[C@H](C)c1c(C)[nH]c(=S)[nH]c1=O. The molecule has 0 radical (unpaired) electrons. The van der Waals surface area contributed by atoms with Crippen molar-refractivity contribution in [1.29, 1.82) is 0 Å². The lowest BCUT2D eigenvalue weighted by atomic mass is 10.0. The second-order valence-corrected chi connectivity index (χ2v) is 4.60. The molecule has 0 aliphatic heterocycles. The molecule has 0 spiro atoms. The Bertz CT molecular complexity index is 533.